The number of carbonyl (C=O) groups is 1. The highest BCUT2D eigenvalue weighted by Gasteiger charge is 2.21. The van der Waals surface area contributed by atoms with E-state index in [1.165, 1.54) is 0 Å². The number of ether oxygens (including phenoxy) is 2. The molecule has 1 aliphatic carbocycles. The molecule has 1 aliphatic rings. The zero-order chi connectivity index (χ0) is 14.4. The van der Waals surface area contributed by atoms with Crippen molar-refractivity contribution in [2.45, 2.75) is 12.8 Å². The number of carbonyl (C=O) groups excluding carboxylic acids is 1. The number of nitrogens with one attached hydrogen (secondary N) is 1. The summed E-state index contributed by atoms with van der Waals surface area (Å²) in [6.45, 7) is 0.904. The van der Waals surface area contributed by atoms with Crippen molar-refractivity contribution in [2.24, 2.45) is 5.16 Å². The van der Waals surface area contributed by atoms with Crippen LogP contribution in [-0.4, -0.2) is 43.7 Å². The van der Waals surface area contributed by atoms with E-state index in [-0.39, 0.29) is 12.5 Å². The predicted octanol–water partition coefficient (Wildman–Crippen LogP) is 0.952. The van der Waals surface area contributed by atoms with Crippen LogP contribution in [0, 0.1) is 0 Å². The third kappa shape index (κ3) is 3.27. The fourth-order valence-electron chi connectivity index (χ4n) is 2.20. The van der Waals surface area contributed by atoms with E-state index in [1.54, 1.807) is 7.11 Å². The first-order chi connectivity index (χ1) is 9.76. The summed E-state index contributed by atoms with van der Waals surface area (Å²) in [5.74, 6) is 0.483. The van der Waals surface area contributed by atoms with Crippen LogP contribution in [0.5, 0.6) is 5.75 Å². The molecule has 0 fully saturated rings. The Bertz CT molecular complexity index is 514. The fourth-order valence-corrected chi connectivity index (χ4v) is 2.20. The number of methoxy groups -OCH3 is 1. The Kier molecular flexibility index (Phi) is 4.95. The summed E-state index contributed by atoms with van der Waals surface area (Å²) in [4.78, 5) is 11.6. The second-order valence-corrected chi connectivity index (χ2v) is 4.46. The Morgan fingerprint density at radius 3 is 3.05 bits per heavy atom. The Hall–Kier alpha value is -2.08. The van der Waals surface area contributed by atoms with Crippen molar-refractivity contribution < 1.29 is 19.5 Å². The topological polar surface area (TPSA) is 80.2 Å². The van der Waals surface area contributed by atoms with Gasteiger partial charge in [-0.05, 0) is 18.9 Å². The van der Waals surface area contributed by atoms with Crippen LogP contribution in [0.2, 0.25) is 0 Å². The summed E-state index contributed by atoms with van der Waals surface area (Å²) in [5, 5.41) is 14.9. The Labute approximate surface area is 117 Å². The SMILES string of the molecule is COCCNC(=O)COc1cccc2c1CCC2=NO. The highest BCUT2D eigenvalue weighted by molar-refractivity contribution is 6.04. The maximum atomic E-state index is 11.6. The minimum absolute atomic E-state index is 0.0359. The molecule has 6 nitrogen and oxygen atoms in total. The van der Waals surface area contributed by atoms with Crippen LogP contribution in [-0.2, 0) is 16.0 Å². The van der Waals surface area contributed by atoms with Crippen molar-refractivity contribution in [1.82, 2.24) is 5.32 Å². The quantitative estimate of drug-likeness (QED) is 0.461. The van der Waals surface area contributed by atoms with Crippen LogP contribution < -0.4 is 10.1 Å². The molecule has 0 radical (unpaired) electrons. The van der Waals surface area contributed by atoms with Crippen molar-refractivity contribution in [1.29, 1.82) is 0 Å². The van der Waals surface area contributed by atoms with E-state index in [4.69, 9.17) is 14.7 Å². The molecule has 0 atom stereocenters. The molecule has 0 aliphatic heterocycles. The van der Waals surface area contributed by atoms with Crippen molar-refractivity contribution in [2.75, 3.05) is 26.9 Å². The Balaban J connectivity index is 1.95. The lowest BCUT2D eigenvalue weighted by Crippen LogP contribution is -2.31. The first kappa shape index (κ1) is 14.3. The molecule has 6 heteroatoms. The number of fused-ring (bicyclic) bond motifs is 1. The summed E-state index contributed by atoms with van der Waals surface area (Å²) in [5.41, 5.74) is 2.55. The smallest absolute Gasteiger partial charge is 0.258 e. The molecule has 1 aromatic rings. The summed E-state index contributed by atoms with van der Waals surface area (Å²) in [7, 11) is 1.58. The zero-order valence-corrected chi connectivity index (χ0v) is 11.4. The summed E-state index contributed by atoms with van der Waals surface area (Å²) >= 11 is 0. The van der Waals surface area contributed by atoms with Crippen molar-refractivity contribution in [3.05, 3.63) is 29.3 Å². The third-order valence-corrected chi connectivity index (χ3v) is 3.16. The van der Waals surface area contributed by atoms with Gasteiger partial charge in [0, 0.05) is 24.8 Å². The Morgan fingerprint density at radius 2 is 2.30 bits per heavy atom. The van der Waals surface area contributed by atoms with Gasteiger partial charge in [0.05, 0.1) is 12.3 Å². The van der Waals surface area contributed by atoms with Crippen LogP contribution in [0.3, 0.4) is 0 Å². The molecular formula is C14H18N2O4. The maximum Gasteiger partial charge on any atom is 0.258 e. The van der Waals surface area contributed by atoms with Crippen molar-refractivity contribution >= 4 is 11.6 Å². The number of hydrogen-bond donors (Lipinski definition) is 2. The molecule has 2 N–H and O–H groups in total. The van der Waals surface area contributed by atoms with E-state index in [9.17, 15) is 4.79 Å². The van der Waals surface area contributed by atoms with Gasteiger partial charge in [0.2, 0.25) is 0 Å². The second-order valence-electron chi connectivity index (χ2n) is 4.46. The van der Waals surface area contributed by atoms with Gasteiger partial charge in [0.15, 0.2) is 6.61 Å². The van der Waals surface area contributed by atoms with E-state index in [0.29, 0.717) is 31.0 Å². The van der Waals surface area contributed by atoms with Gasteiger partial charge in [-0.25, -0.2) is 0 Å². The number of amides is 1. The molecule has 1 aromatic carbocycles. The van der Waals surface area contributed by atoms with E-state index in [0.717, 1.165) is 17.5 Å². The van der Waals surface area contributed by atoms with Crippen molar-refractivity contribution in [3.8, 4) is 5.75 Å². The lowest BCUT2D eigenvalue weighted by atomic mass is 10.1. The van der Waals surface area contributed by atoms with Crippen LogP contribution >= 0.6 is 0 Å². The average molecular weight is 278 g/mol. The monoisotopic (exact) mass is 278 g/mol. The molecule has 2 rings (SSSR count). The third-order valence-electron chi connectivity index (χ3n) is 3.16. The highest BCUT2D eigenvalue weighted by atomic mass is 16.5. The van der Waals surface area contributed by atoms with Gasteiger partial charge in [-0.1, -0.05) is 17.3 Å². The molecular weight excluding hydrogens is 260 g/mol. The van der Waals surface area contributed by atoms with Crippen LogP contribution in [0.4, 0.5) is 0 Å². The van der Waals surface area contributed by atoms with Gasteiger partial charge < -0.3 is 20.0 Å². The van der Waals surface area contributed by atoms with Crippen LogP contribution in [0.15, 0.2) is 23.4 Å². The average Bonchev–Trinajstić information content (AvgIpc) is 2.89. The minimum Gasteiger partial charge on any atom is -0.483 e. The van der Waals surface area contributed by atoms with Gasteiger partial charge in [-0.3, -0.25) is 4.79 Å². The zero-order valence-electron chi connectivity index (χ0n) is 11.4. The molecule has 108 valence electrons. The summed E-state index contributed by atoms with van der Waals surface area (Å²) < 4.78 is 10.4. The van der Waals surface area contributed by atoms with E-state index in [2.05, 4.69) is 10.5 Å². The Morgan fingerprint density at radius 1 is 1.45 bits per heavy atom. The van der Waals surface area contributed by atoms with Gasteiger partial charge in [-0.2, -0.15) is 0 Å². The molecule has 0 spiro atoms. The molecule has 0 aromatic heterocycles. The standard InChI is InChI=1S/C14H18N2O4/c1-19-8-7-15-14(17)9-20-13-4-2-3-10-11(13)5-6-12(10)16-18/h2-4,18H,5-9H2,1H3,(H,15,17). The number of benzene rings is 1. The predicted molar refractivity (Wildman–Crippen MR) is 73.5 cm³/mol. The molecule has 20 heavy (non-hydrogen) atoms. The van der Waals surface area contributed by atoms with Gasteiger partial charge in [-0.15, -0.1) is 0 Å². The van der Waals surface area contributed by atoms with Crippen LogP contribution in [0.1, 0.15) is 17.5 Å². The number of nitrogens with zero attached hydrogens (tertiary/aromatic N) is 1. The first-order valence-electron chi connectivity index (χ1n) is 6.48. The van der Waals surface area contributed by atoms with Gasteiger partial charge >= 0.3 is 0 Å². The second kappa shape index (κ2) is 6.91. The summed E-state index contributed by atoms with van der Waals surface area (Å²) in [6.07, 6.45) is 1.45. The minimum atomic E-state index is -0.186. The van der Waals surface area contributed by atoms with E-state index < -0.39 is 0 Å². The fraction of sp³-hybridized carbons (Fsp3) is 0.429. The molecule has 0 saturated heterocycles. The first-order valence-corrected chi connectivity index (χ1v) is 6.48. The van der Waals surface area contributed by atoms with Crippen LogP contribution in [0.25, 0.3) is 0 Å². The number of hydrogen-bond acceptors (Lipinski definition) is 5. The summed E-state index contributed by atoms with van der Waals surface area (Å²) in [6, 6.07) is 5.54. The molecule has 0 heterocycles. The normalized spacial score (nSPS) is 15.2. The molecule has 0 saturated carbocycles. The molecule has 1 amide bonds. The largest absolute Gasteiger partial charge is 0.483 e. The van der Waals surface area contributed by atoms with Crippen molar-refractivity contribution in [3.63, 3.8) is 0 Å². The molecule has 0 bridgehead atoms. The van der Waals surface area contributed by atoms with Gasteiger partial charge in [0.25, 0.3) is 5.91 Å². The maximum absolute atomic E-state index is 11.6. The highest BCUT2D eigenvalue weighted by Crippen LogP contribution is 2.30. The van der Waals surface area contributed by atoms with E-state index in [1.807, 2.05) is 18.2 Å². The lowest BCUT2D eigenvalue weighted by molar-refractivity contribution is -0.123. The molecule has 0 unspecified atom stereocenters. The lowest BCUT2D eigenvalue weighted by Gasteiger charge is -2.10. The number of rotatable bonds is 6. The van der Waals surface area contributed by atoms with Gasteiger partial charge in [0.1, 0.15) is 5.75 Å². The van der Waals surface area contributed by atoms with E-state index >= 15 is 0 Å². The number of oxime groups is 1.